The average molecular weight is 427 g/mol. The van der Waals surface area contributed by atoms with Gasteiger partial charge in [-0.25, -0.2) is 4.79 Å². The summed E-state index contributed by atoms with van der Waals surface area (Å²) in [6.07, 6.45) is 3.32. The number of rotatable bonds is 4. The molecule has 0 spiro atoms. The van der Waals surface area contributed by atoms with E-state index in [1.165, 1.54) is 9.13 Å². The quantitative estimate of drug-likeness (QED) is 0.482. The van der Waals surface area contributed by atoms with Gasteiger partial charge in [0, 0.05) is 32.2 Å². The highest BCUT2D eigenvalue weighted by molar-refractivity contribution is 5.75. The SMILES string of the molecule is Cc1cccc2c1C#CC(Cn1c(=O)c3c(nc(Nc4ccncc4)n3C)n(C)c1=O)N2. The van der Waals surface area contributed by atoms with Crippen molar-refractivity contribution in [1.82, 2.24) is 23.7 Å². The molecule has 3 aromatic heterocycles. The number of benzene rings is 1. The average Bonchev–Trinajstić information content (AvgIpc) is 3.12. The summed E-state index contributed by atoms with van der Waals surface area (Å²) in [6, 6.07) is 9.13. The molecule has 0 amide bonds. The number of fused-ring (bicyclic) bond motifs is 2. The number of nitrogens with one attached hydrogen (secondary N) is 2. The van der Waals surface area contributed by atoms with E-state index in [1.807, 2.05) is 25.1 Å². The van der Waals surface area contributed by atoms with E-state index in [1.54, 1.807) is 43.2 Å². The van der Waals surface area contributed by atoms with Crippen LogP contribution in [0.25, 0.3) is 11.2 Å². The smallest absolute Gasteiger partial charge is 0.332 e. The maximum atomic E-state index is 13.3. The molecule has 4 aromatic rings. The van der Waals surface area contributed by atoms with Crippen molar-refractivity contribution in [3.05, 3.63) is 74.7 Å². The van der Waals surface area contributed by atoms with Crippen LogP contribution in [0.5, 0.6) is 0 Å². The minimum atomic E-state index is -0.435. The minimum Gasteiger partial charge on any atom is -0.369 e. The van der Waals surface area contributed by atoms with Gasteiger partial charge in [0.2, 0.25) is 5.95 Å². The summed E-state index contributed by atoms with van der Waals surface area (Å²) in [5.74, 6) is 6.75. The molecule has 1 aliphatic rings. The zero-order valence-corrected chi connectivity index (χ0v) is 17.9. The van der Waals surface area contributed by atoms with Gasteiger partial charge in [-0.05, 0) is 30.7 Å². The molecule has 1 aliphatic heterocycles. The van der Waals surface area contributed by atoms with Gasteiger partial charge in [0.05, 0.1) is 17.8 Å². The molecule has 4 heterocycles. The second-order valence-electron chi connectivity index (χ2n) is 7.75. The van der Waals surface area contributed by atoms with E-state index < -0.39 is 11.2 Å². The van der Waals surface area contributed by atoms with Crippen LogP contribution < -0.4 is 21.9 Å². The van der Waals surface area contributed by atoms with E-state index in [2.05, 4.69) is 32.4 Å². The van der Waals surface area contributed by atoms with Gasteiger partial charge in [0.25, 0.3) is 5.56 Å². The van der Waals surface area contributed by atoms with Crippen LogP contribution in [0.15, 0.2) is 52.3 Å². The highest BCUT2D eigenvalue weighted by Gasteiger charge is 2.21. The lowest BCUT2D eigenvalue weighted by Crippen LogP contribution is -2.43. The van der Waals surface area contributed by atoms with Crippen molar-refractivity contribution in [3.8, 4) is 11.8 Å². The number of imidazole rings is 1. The van der Waals surface area contributed by atoms with E-state index in [9.17, 15) is 9.59 Å². The monoisotopic (exact) mass is 427 g/mol. The van der Waals surface area contributed by atoms with Gasteiger partial charge >= 0.3 is 5.69 Å². The van der Waals surface area contributed by atoms with E-state index in [0.717, 1.165) is 22.5 Å². The third kappa shape index (κ3) is 3.13. The topological polar surface area (TPSA) is 98.8 Å². The predicted molar refractivity (Wildman–Crippen MR) is 123 cm³/mol. The van der Waals surface area contributed by atoms with Crippen LogP contribution in [0.1, 0.15) is 11.1 Å². The largest absolute Gasteiger partial charge is 0.369 e. The van der Waals surface area contributed by atoms with Gasteiger partial charge in [-0.2, -0.15) is 4.98 Å². The number of hydrogen-bond donors (Lipinski definition) is 2. The summed E-state index contributed by atoms with van der Waals surface area (Å²) < 4.78 is 4.27. The number of pyridine rings is 1. The van der Waals surface area contributed by atoms with Gasteiger partial charge < -0.3 is 15.2 Å². The molecule has 1 aromatic carbocycles. The first kappa shape index (κ1) is 19.6. The fraction of sp³-hybridized carbons (Fsp3) is 0.217. The van der Waals surface area contributed by atoms with E-state index in [4.69, 9.17) is 0 Å². The molecule has 0 saturated carbocycles. The molecule has 2 N–H and O–H groups in total. The van der Waals surface area contributed by atoms with E-state index in [0.29, 0.717) is 17.1 Å². The molecule has 5 rings (SSSR count). The molecule has 9 heteroatoms. The molecule has 0 radical (unpaired) electrons. The van der Waals surface area contributed by atoms with Crippen LogP contribution in [0.2, 0.25) is 0 Å². The van der Waals surface area contributed by atoms with Crippen LogP contribution in [0.3, 0.4) is 0 Å². The number of aryl methyl sites for hydroxylation is 3. The molecular formula is C23H21N7O2. The molecule has 0 fully saturated rings. The normalized spacial score (nSPS) is 14.4. The lowest BCUT2D eigenvalue weighted by Gasteiger charge is -2.21. The van der Waals surface area contributed by atoms with Gasteiger partial charge in [-0.3, -0.25) is 18.9 Å². The summed E-state index contributed by atoms with van der Waals surface area (Å²) in [7, 11) is 3.36. The maximum Gasteiger partial charge on any atom is 0.332 e. The summed E-state index contributed by atoms with van der Waals surface area (Å²) >= 11 is 0. The van der Waals surface area contributed by atoms with Crippen molar-refractivity contribution in [2.45, 2.75) is 19.5 Å². The molecule has 0 bridgehead atoms. The minimum absolute atomic E-state index is 0.125. The molecule has 9 nitrogen and oxygen atoms in total. The summed E-state index contributed by atoms with van der Waals surface area (Å²) in [6.45, 7) is 2.13. The first-order valence-electron chi connectivity index (χ1n) is 10.1. The Morgan fingerprint density at radius 3 is 2.69 bits per heavy atom. The Morgan fingerprint density at radius 1 is 1.12 bits per heavy atom. The highest BCUT2D eigenvalue weighted by Crippen LogP contribution is 2.22. The first-order valence-corrected chi connectivity index (χ1v) is 10.1. The van der Waals surface area contributed by atoms with Gasteiger partial charge in [-0.15, -0.1) is 0 Å². The highest BCUT2D eigenvalue weighted by atomic mass is 16.2. The molecule has 32 heavy (non-hydrogen) atoms. The number of nitrogens with zero attached hydrogens (tertiary/aromatic N) is 5. The molecule has 1 unspecified atom stereocenters. The van der Waals surface area contributed by atoms with Crippen molar-refractivity contribution >= 4 is 28.5 Å². The Balaban J connectivity index is 1.55. The van der Waals surface area contributed by atoms with Crippen LogP contribution in [0, 0.1) is 18.8 Å². The van der Waals surface area contributed by atoms with Crippen LogP contribution >= 0.6 is 0 Å². The lowest BCUT2D eigenvalue weighted by molar-refractivity contribution is 0.585. The van der Waals surface area contributed by atoms with Crippen LogP contribution in [-0.2, 0) is 20.6 Å². The zero-order chi connectivity index (χ0) is 22.4. The summed E-state index contributed by atoms with van der Waals surface area (Å²) in [5, 5.41) is 6.50. The fourth-order valence-electron chi connectivity index (χ4n) is 3.89. The Labute approximate surface area is 183 Å². The number of anilines is 3. The number of aromatic nitrogens is 5. The molecule has 0 aliphatic carbocycles. The van der Waals surface area contributed by atoms with Crippen molar-refractivity contribution < 1.29 is 0 Å². The van der Waals surface area contributed by atoms with Gasteiger partial charge in [0.1, 0.15) is 6.04 Å². The predicted octanol–water partition coefficient (Wildman–Crippen LogP) is 1.73. The van der Waals surface area contributed by atoms with Crippen LogP contribution in [-0.4, -0.2) is 29.7 Å². The Kier molecular flexibility index (Phi) is 4.56. The first-order chi connectivity index (χ1) is 15.4. The Morgan fingerprint density at radius 2 is 1.91 bits per heavy atom. The maximum absolute atomic E-state index is 13.3. The molecule has 0 saturated heterocycles. The van der Waals surface area contributed by atoms with Gasteiger partial charge in [-0.1, -0.05) is 24.0 Å². The number of hydrogen-bond acceptors (Lipinski definition) is 6. The Hall–Kier alpha value is -4.32. The third-order valence-electron chi connectivity index (χ3n) is 5.64. The van der Waals surface area contributed by atoms with Crippen molar-refractivity contribution in [2.24, 2.45) is 14.1 Å². The van der Waals surface area contributed by atoms with E-state index >= 15 is 0 Å². The lowest BCUT2D eigenvalue weighted by atomic mass is 10.0. The van der Waals surface area contributed by atoms with Crippen molar-refractivity contribution in [3.63, 3.8) is 0 Å². The van der Waals surface area contributed by atoms with Crippen molar-refractivity contribution in [1.29, 1.82) is 0 Å². The molecule has 1 atom stereocenters. The molecule has 160 valence electrons. The van der Waals surface area contributed by atoms with Gasteiger partial charge in [0.15, 0.2) is 11.2 Å². The second-order valence-corrected chi connectivity index (χ2v) is 7.75. The fourth-order valence-corrected chi connectivity index (χ4v) is 3.89. The molecular weight excluding hydrogens is 406 g/mol. The van der Waals surface area contributed by atoms with Crippen LogP contribution in [0.4, 0.5) is 17.3 Å². The van der Waals surface area contributed by atoms with Crippen molar-refractivity contribution in [2.75, 3.05) is 10.6 Å². The second kappa shape index (κ2) is 7.42. The summed E-state index contributed by atoms with van der Waals surface area (Å²) in [5.41, 5.74) is 3.53. The third-order valence-corrected chi connectivity index (χ3v) is 5.64. The zero-order valence-electron chi connectivity index (χ0n) is 17.9. The standard InChI is InChI=1S/C23H21N7O2/c1-14-5-4-6-18-17(14)8-7-16(25-18)13-30-21(31)19-20(29(3)23(30)32)27-22(28(19)2)26-15-9-11-24-12-10-15/h4-6,9-12,16,25H,13H2,1-3H3,(H,24,26,27). The van der Waals surface area contributed by atoms with E-state index in [-0.39, 0.29) is 12.6 Å². The summed E-state index contributed by atoms with van der Waals surface area (Å²) in [4.78, 5) is 34.9. The Bertz CT molecular complexity index is 1530.